The van der Waals surface area contributed by atoms with Crippen LogP contribution in [0.25, 0.3) is 16.6 Å². The van der Waals surface area contributed by atoms with E-state index >= 15 is 0 Å². The van der Waals surface area contributed by atoms with Crippen LogP contribution in [0.5, 0.6) is 0 Å². The largest absolute Gasteiger partial charge is 0.299 e. The van der Waals surface area contributed by atoms with Crippen molar-refractivity contribution in [1.82, 2.24) is 9.29 Å². The van der Waals surface area contributed by atoms with E-state index in [9.17, 15) is 28.6 Å². The number of non-ortho nitro benzene ring substituents is 1. The van der Waals surface area contributed by atoms with Gasteiger partial charge < -0.3 is 0 Å². The summed E-state index contributed by atoms with van der Waals surface area (Å²) in [4.78, 5) is 24.1. The Bertz CT molecular complexity index is 1520. The van der Waals surface area contributed by atoms with Gasteiger partial charge in [-0.2, -0.15) is 5.26 Å². The Labute approximate surface area is 182 Å². The molecule has 0 unspecified atom stereocenters. The second kappa shape index (κ2) is 7.98. The molecule has 4 rings (SSSR count). The van der Waals surface area contributed by atoms with Gasteiger partial charge in [-0.3, -0.25) is 19.5 Å². The van der Waals surface area contributed by atoms with E-state index < -0.39 is 20.9 Å². The molecule has 32 heavy (non-hydrogen) atoms. The smallest absolute Gasteiger partial charge is 0.293 e. The lowest BCUT2D eigenvalue weighted by atomic mass is 10.2. The molecule has 0 bridgehead atoms. The molecule has 0 aliphatic rings. The third-order valence-electron chi connectivity index (χ3n) is 4.75. The van der Waals surface area contributed by atoms with E-state index in [4.69, 9.17) is 0 Å². The van der Waals surface area contributed by atoms with Gasteiger partial charge in [0.05, 0.1) is 21.5 Å². The Hall–Kier alpha value is -4.49. The molecule has 0 aliphatic carbocycles. The summed E-state index contributed by atoms with van der Waals surface area (Å²) in [6, 6.07) is 21.2. The monoisotopic (exact) mass is 446 g/mol. The fourth-order valence-corrected chi connectivity index (χ4v) is 4.35. The number of sulfonamides is 1. The molecule has 0 spiro atoms. The van der Waals surface area contributed by atoms with E-state index in [1.54, 1.807) is 30.3 Å². The number of nitro groups is 1. The SMILES string of the molecule is N#Cc1cccc(-n2c(C(=O)NS(=O)(=O)c3ccccc3)cc3cccc([N+](=O)[O-])c32)c1. The van der Waals surface area contributed by atoms with E-state index in [0.717, 1.165) is 0 Å². The summed E-state index contributed by atoms with van der Waals surface area (Å²) in [5, 5.41) is 21.3. The van der Waals surface area contributed by atoms with Crippen LogP contribution in [0.15, 0.2) is 83.8 Å². The molecule has 10 heteroatoms. The maximum absolute atomic E-state index is 13.1. The zero-order chi connectivity index (χ0) is 22.9. The van der Waals surface area contributed by atoms with Crippen LogP contribution in [-0.4, -0.2) is 23.8 Å². The Morgan fingerprint density at radius 1 is 1.00 bits per heavy atom. The number of nitrogens with zero attached hydrogens (tertiary/aromatic N) is 3. The summed E-state index contributed by atoms with van der Waals surface area (Å²) < 4.78 is 28.6. The lowest BCUT2D eigenvalue weighted by Gasteiger charge is -2.12. The molecule has 0 atom stereocenters. The molecule has 9 nitrogen and oxygen atoms in total. The first-order chi connectivity index (χ1) is 15.3. The van der Waals surface area contributed by atoms with Crippen LogP contribution in [0.1, 0.15) is 16.1 Å². The number of hydrogen-bond acceptors (Lipinski definition) is 6. The van der Waals surface area contributed by atoms with E-state index in [-0.39, 0.29) is 27.4 Å². The molecule has 0 saturated carbocycles. The standard InChI is InChI=1S/C22H14N4O5S/c23-14-15-6-4-8-17(12-15)25-20(13-16-7-5-11-19(21(16)25)26(28)29)22(27)24-32(30,31)18-9-2-1-3-10-18/h1-13H,(H,24,27). The third kappa shape index (κ3) is 3.68. The highest BCUT2D eigenvalue weighted by Gasteiger charge is 2.26. The van der Waals surface area contributed by atoms with Crippen LogP contribution in [-0.2, 0) is 10.0 Å². The molecule has 4 aromatic rings. The van der Waals surface area contributed by atoms with E-state index in [2.05, 4.69) is 0 Å². The van der Waals surface area contributed by atoms with Crippen molar-refractivity contribution < 1.29 is 18.1 Å². The second-order valence-electron chi connectivity index (χ2n) is 6.75. The first-order valence-corrected chi connectivity index (χ1v) is 10.7. The average molecular weight is 446 g/mol. The molecule has 1 N–H and O–H groups in total. The van der Waals surface area contributed by atoms with Gasteiger partial charge in [-0.15, -0.1) is 0 Å². The minimum atomic E-state index is -4.18. The van der Waals surface area contributed by atoms with Crippen molar-refractivity contribution in [3.63, 3.8) is 0 Å². The van der Waals surface area contributed by atoms with Crippen molar-refractivity contribution >= 4 is 32.5 Å². The first-order valence-electron chi connectivity index (χ1n) is 9.23. The van der Waals surface area contributed by atoms with Crippen molar-refractivity contribution in [2.24, 2.45) is 0 Å². The topological polar surface area (TPSA) is 135 Å². The molecule has 0 saturated heterocycles. The normalized spacial score (nSPS) is 11.1. The maximum atomic E-state index is 13.1. The quantitative estimate of drug-likeness (QED) is 0.368. The van der Waals surface area contributed by atoms with Gasteiger partial charge >= 0.3 is 0 Å². The molecule has 3 aromatic carbocycles. The minimum absolute atomic E-state index is 0.103. The van der Waals surface area contributed by atoms with Crippen molar-refractivity contribution in [2.75, 3.05) is 0 Å². The van der Waals surface area contributed by atoms with Crippen LogP contribution in [0, 0.1) is 21.4 Å². The number of benzene rings is 3. The zero-order valence-electron chi connectivity index (χ0n) is 16.3. The molecule has 1 heterocycles. The highest BCUT2D eigenvalue weighted by molar-refractivity contribution is 7.90. The Morgan fingerprint density at radius 2 is 1.72 bits per heavy atom. The summed E-state index contributed by atoms with van der Waals surface area (Å²) in [5.74, 6) is -0.971. The van der Waals surface area contributed by atoms with E-state index in [1.807, 2.05) is 10.8 Å². The number of carbonyl (C=O) groups is 1. The van der Waals surface area contributed by atoms with Crippen molar-refractivity contribution in [2.45, 2.75) is 4.90 Å². The fraction of sp³-hybridized carbons (Fsp3) is 0. The number of rotatable bonds is 5. The lowest BCUT2D eigenvalue weighted by molar-refractivity contribution is -0.383. The Balaban J connectivity index is 1.93. The number of fused-ring (bicyclic) bond motifs is 1. The Morgan fingerprint density at radius 3 is 2.41 bits per heavy atom. The molecule has 158 valence electrons. The summed E-state index contributed by atoms with van der Waals surface area (Å²) in [6.45, 7) is 0. The summed E-state index contributed by atoms with van der Waals surface area (Å²) >= 11 is 0. The second-order valence-corrected chi connectivity index (χ2v) is 8.43. The van der Waals surface area contributed by atoms with Crippen LogP contribution >= 0.6 is 0 Å². The molecule has 1 amide bonds. The first kappa shape index (κ1) is 20.8. The van der Waals surface area contributed by atoms with Crippen molar-refractivity contribution in [3.8, 4) is 11.8 Å². The number of hydrogen-bond donors (Lipinski definition) is 1. The predicted octanol–water partition coefficient (Wildman–Crippen LogP) is 3.53. The summed E-state index contributed by atoms with van der Waals surface area (Å²) in [5.41, 5.74) is 0.274. The van der Waals surface area contributed by atoms with E-state index in [0.29, 0.717) is 11.1 Å². The van der Waals surface area contributed by atoms with Crippen molar-refractivity contribution in [3.05, 3.63) is 100 Å². The van der Waals surface area contributed by atoms with Crippen LogP contribution in [0.4, 0.5) is 5.69 Å². The van der Waals surface area contributed by atoms with Gasteiger partial charge in [0.2, 0.25) is 0 Å². The van der Waals surface area contributed by atoms with Gasteiger partial charge in [0.15, 0.2) is 0 Å². The Kier molecular flexibility index (Phi) is 5.18. The number of amides is 1. The summed E-state index contributed by atoms with van der Waals surface area (Å²) in [7, 11) is -4.18. The number of aromatic nitrogens is 1. The van der Waals surface area contributed by atoms with E-state index in [1.165, 1.54) is 53.1 Å². The number of nitrogens with one attached hydrogen (secondary N) is 1. The molecular weight excluding hydrogens is 432 g/mol. The van der Waals surface area contributed by atoms with Crippen LogP contribution < -0.4 is 4.72 Å². The highest BCUT2D eigenvalue weighted by atomic mass is 32.2. The van der Waals surface area contributed by atoms with Gasteiger partial charge in [0, 0.05) is 17.1 Å². The zero-order valence-corrected chi connectivity index (χ0v) is 17.1. The lowest BCUT2D eigenvalue weighted by Crippen LogP contribution is -2.32. The molecule has 0 fully saturated rings. The summed E-state index contributed by atoms with van der Waals surface area (Å²) in [6.07, 6.45) is 0. The number of carbonyl (C=O) groups excluding carboxylic acids is 1. The number of nitriles is 1. The van der Waals surface area contributed by atoms with Crippen LogP contribution in [0.3, 0.4) is 0 Å². The average Bonchev–Trinajstić information content (AvgIpc) is 3.19. The van der Waals surface area contributed by atoms with Crippen LogP contribution in [0.2, 0.25) is 0 Å². The maximum Gasteiger partial charge on any atom is 0.293 e. The van der Waals surface area contributed by atoms with Gasteiger partial charge in [0.1, 0.15) is 11.2 Å². The molecule has 0 aliphatic heterocycles. The van der Waals surface area contributed by atoms with Gasteiger partial charge in [-0.25, -0.2) is 13.1 Å². The van der Waals surface area contributed by atoms with Crippen molar-refractivity contribution in [1.29, 1.82) is 5.26 Å². The van der Waals surface area contributed by atoms with Gasteiger partial charge in [-0.1, -0.05) is 36.4 Å². The predicted molar refractivity (Wildman–Crippen MR) is 116 cm³/mol. The molecule has 0 radical (unpaired) electrons. The minimum Gasteiger partial charge on any atom is -0.299 e. The third-order valence-corrected chi connectivity index (χ3v) is 6.09. The van der Waals surface area contributed by atoms with Gasteiger partial charge in [0.25, 0.3) is 21.6 Å². The van der Waals surface area contributed by atoms with Gasteiger partial charge in [-0.05, 0) is 36.4 Å². The number of para-hydroxylation sites is 1. The highest BCUT2D eigenvalue weighted by Crippen LogP contribution is 2.32. The number of nitro benzene ring substituents is 1. The fourth-order valence-electron chi connectivity index (χ4n) is 3.37. The molecule has 1 aromatic heterocycles. The molecular formula is C22H14N4O5S.